The second kappa shape index (κ2) is 5.83. The van der Waals surface area contributed by atoms with Crippen LogP contribution in [0.2, 0.25) is 0 Å². The van der Waals surface area contributed by atoms with Gasteiger partial charge in [0.2, 0.25) is 11.0 Å². The van der Waals surface area contributed by atoms with Crippen molar-refractivity contribution >= 4 is 22.6 Å². The molecule has 6 nitrogen and oxygen atoms in total. The maximum absolute atomic E-state index is 12.2. The van der Waals surface area contributed by atoms with Gasteiger partial charge in [-0.05, 0) is 13.8 Å². The number of anilines is 1. The number of piperazine rings is 1. The van der Waals surface area contributed by atoms with E-state index in [0.29, 0.717) is 0 Å². The third kappa shape index (κ3) is 3.22. The van der Waals surface area contributed by atoms with Crippen LogP contribution in [-0.4, -0.2) is 52.4 Å². The number of carbonyl (C=O) groups is 1. The second-order valence-electron chi connectivity index (χ2n) is 5.08. The number of carbonyl (C=O) groups excluding carboxylic acids is 1. The highest BCUT2D eigenvalue weighted by Crippen LogP contribution is 2.19. The van der Waals surface area contributed by atoms with Crippen molar-refractivity contribution in [2.45, 2.75) is 26.8 Å². The maximum Gasteiger partial charge on any atom is 0.227 e. The Balaban J connectivity index is 1.90. The summed E-state index contributed by atoms with van der Waals surface area (Å²) in [5.74, 6) is 0.850. The number of hydrogen-bond acceptors (Lipinski definition) is 6. The molecule has 2 unspecified atom stereocenters. The fourth-order valence-electron chi connectivity index (χ4n) is 2.05. The molecule has 1 aromatic rings. The van der Waals surface area contributed by atoms with Crippen LogP contribution in [0.3, 0.4) is 0 Å². The zero-order chi connectivity index (χ0) is 14.0. The first-order valence-electron chi connectivity index (χ1n) is 6.58. The molecular weight excluding hydrogens is 262 g/mol. The van der Waals surface area contributed by atoms with Crippen LogP contribution < -0.4 is 10.6 Å². The average molecular weight is 283 g/mol. The van der Waals surface area contributed by atoms with Gasteiger partial charge in [-0.25, -0.2) is 4.98 Å². The van der Waals surface area contributed by atoms with Crippen molar-refractivity contribution in [2.24, 2.45) is 11.7 Å². The van der Waals surface area contributed by atoms with Crippen molar-refractivity contribution in [3.63, 3.8) is 0 Å². The summed E-state index contributed by atoms with van der Waals surface area (Å²) in [6.45, 7) is 8.75. The largest absolute Gasteiger partial charge is 0.343 e. The van der Waals surface area contributed by atoms with Gasteiger partial charge in [0, 0.05) is 43.8 Å². The van der Waals surface area contributed by atoms with E-state index < -0.39 is 0 Å². The highest BCUT2D eigenvalue weighted by atomic mass is 32.1. The molecule has 0 aromatic carbocycles. The molecule has 1 aliphatic rings. The Bertz CT molecular complexity index is 439. The van der Waals surface area contributed by atoms with Crippen LogP contribution in [0, 0.1) is 12.8 Å². The molecule has 0 bridgehead atoms. The lowest BCUT2D eigenvalue weighted by atomic mass is 10.0. The summed E-state index contributed by atoms with van der Waals surface area (Å²) < 4.78 is 4.19. The molecule has 2 atom stereocenters. The van der Waals surface area contributed by atoms with Gasteiger partial charge < -0.3 is 15.5 Å². The van der Waals surface area contributed by atoms with Crippen LogP contribution in [0.25, 0.3) is 0 Å². The third-order valence-electron chi connectivity index (χ3n) is 3.56. The van der Waals surface area contributed by atoms with Gasteiger partial charge in [0.15, 0.2) is 0 Å². The van der Waals surface area contributed by atoms with Crippen LogP contribution in [0.5, 0.6) is 0 Å². The van der Waals surface area contributed by atoms with Crippen molar-refractivity contribution in [1.29, 1.82) is 0 Å². The van der Waals surface area contributed by atoms with E-state index >= 15 is 0 Å². The number of rotatable bonds is 3. The van der Waals surface area contributed by atoms with Gasteiger partial charge in [-0.2, -0.15) is 4.37 Å². The normalized spacial score (nSPS) is 19.4. The highest BCUT2D eigenvalue weighted by molar-refractivity contribution is 7.09. The van der Waals surface area contributed by atoms with Crippen LogP contribution in [-0.2, 0) is 4.79 Å². The smallest absolute Gasteiger partial charge is 0.227 e. The Hall–Kier alpha value is -1.21. The molecule has 2 rings (SSSR count). The number of nitrogens with zero attached hydrogens (tertiary/aromatic N) is 4. The summed E-state index contributed by atoms with van der Waals surface area (Å²) in [6.07, 6.45) is 0. The molecule has 19 heavy (non-hydrogen) atoms. The Kier molecular flexibility index (Phi) is 4.36. The van der Waals surface area contributed by atoms with E-state index in [1.807, 2.05) is 25.7 Å². The standard InChI is InChI=1S/C12H21N5OS/c1-8(9(2)13)11(18)16-4-6-17(7-5-16)12-14-10(3)15-19-12/h8-9H,4-7,13H2,1-3H3. The van der Waals surface area contributed by atoms with E-state index in [-0.39, 0.29) is 17.9 Å². The fourth-order valence-corrected chi connectivity index (χ4v) is 2.77. The number of aryl methyl sites for hydroxylation is 1. The summed E-state index contributed by atoms with van der Waals surface area (Å²) in [5, 5.41) is 0.949. The molecule has 1 aromatic heterocycles. The number of amides is 1. The molecule has 1 aliphatic heterocycles. The summed E-state index contributed by atoms with van der Waals surface area (Å²) in [6, 6.07) is -0.101. The van der Waals surface area contributed by atoms with Crippen molar-refractivity contribution in [3.05, 3.63) is 5.82 Å². The predicted octanol–water partition coefficient (Wildman–Crippen LogP) is 0.478. The molecular formula is C12H21N5OS. The molecule has 106 valence electrons. The van der Waals surface area contributed by atoms with Gasteiger partial charge in [-0.3, -0.25) is 4.79 Å². The zero-order valence-electron chi connectivity index (χ0n) is 11.7. The van der Waals surface area contributed by atoms with Gasteiger partial charge in [0.25, 0.3) is 0 Å². The first-order valence-corrected chi connectivity index (χ1v) is 7.36. The first kappa shape index (κ1) is 14.2. The highest BCUT2D eigenvalue weighted by Gasteiger charge is 2.27. The second-order valence-corrected chi connectivity index (χ2v) is 5.81. The van der Waals surface area contributed by atoms with Crippen LogP contribution >= 0.6 is 11.5 Å². The summed E-state index contributed by atoms with van der Waals surface area (Å²) in [7, 11) is 0. The molecule has 0 saturated carbocycles. The fraction of sp³-hybridized carbons (Fsp3) is 0.750. The quantitative estimate of drug-likeness (QED) is 0.873. The zero-order valence-corrected chi connectivity index (χ0v) is 12.5. The lowest BCUT2D eigenvalue weighted by molar-refractivity contribution is -0.135. The third-order valence-corrected chi connectivity index (χ3v) is 4.43. The van der Waals surface area contributed by atoms with Crippen LogP contribution in [0.15, 0.2) is 0 Å². The summed E-state index contributed by atoms with van der Waals surface area (Å²) in [4.78, 5) is 20.7. The molecule has 0 radical (unpaired) electrons. The van der Waals surface area contributed by atoms with E-state index in [4.69, 9.17) is 5.73 Å². The number of aromatic nitrogens is 2. The molecule has 0 aliphatic carbocycles. The van der Waals surface area contributed by atoms with Gasteiger partial charge in [-0.1, -0.05) is 6.92 Å². The van der Waals surface area contributed by atoms with E-state index in [9.17, 15) is 4.79 Å². The van der Waals surface area contributed by atoms with Crippen molar-refractivity contribution in [2.75, 3.05) is 31.1 Å². The predicted molar refractivity (Wildman–Crippen MR) is 76.3 cm³/mol. The molecule has 1 amide bonds. The SMILES string of the molecule is Cc1nsc(N2CCN(C(=O)C(C)C(C)N)CC2)n1. The van der Waals surface area contributed by atoms with Crippen LogP contribution in [0.4, 0.5) is 5.13 Å². The maximum atomic E-state index is 12.2. The number of nitrogens with two attached hydrogens (primary N) is 1. The molecule has 2 heterocycles. The first-order chi connectivity index (χ1) is 8.99. The molecule has 2 N–H and O–H groups in total. The van der Waals surface area contributed by atoms with Crippen molar-refractivity contribution in [1.82, 2.24) is 14.3 Å². The Morgan fingerprint density at radius 2 is 1.95 bits per heavy atom. The van der Waals surface area contributed by atoms with Gasteiger partial charge >= 0.3 is 0 Å². The van der Waals surface area contributed by atoms with Crippen molar-refractivity contribution < 1.29 is 4.79 Å². The van der Waals surface area contributed by atoms with E-state index in [0.717, 1.165) is 37.1 Å². The van der Waals surface area contributed by atoms with E-state index in [2.05, 4.69) is 14.3 Å². The Labute approximate surface area is 117 Å². The lowest BCUT2D eigenvalue weighted by Gasteiger charge is -2.36. The van der Waals surface area contributed by atoms with Gasteiger partial charge in [-0.15, -0.1) is 0 Å². The monoisotopic (exact) mass is 283 g/mol. The minimum atomic E-state index is -0.115. The topological polar surface area (TPSA) is 75.4 Å². The molecule has 0 spiro atoms. The van der Waals surface area contributed by atoms with Gasteiger partial charge in [0.1, 0.15) is 5.82 Å². The summed E-state index contributed by atoms with van der Waals surface area (Å²) >= 11 is 1.42. The Morgan fingerprint density at radius 1 is 1.32 bits per heavy atom. The molecule has 1 saturated heterocycles. The molecule has 7 heteroatoms. The lowest BCUT2D eigenvalue weighted by Crippen LogP contribution is -2.52. The minimum absolute atomic E-state index is 0.101. The minimum Gasteiger partial charge on any atom is -0.343 e. The van der Waals surface area contributed by atoms with Gasteiger partial charge in [0.05, 0.1) is 5.92 Å². The number of hydrogen-bond donors (Lipinski definition) is 1. The van der Waals surface area contributed by atoms with E-state index in [1.165, 1.54) is 11.5 Å². The summed E-state index contributed by atoms with van der Waals surface area (Å²) in [5.41, 5.74) is 5.79. The molecule has 1 fully saturated rings. The van der Waals surface area contributed by atoms with Crippen LogP contribution in [0.1, 0.15) is 19.7 Å². The van der Waals surface area contributed by atoms with E-state index in [1.54, 1.807) is 0 Å². The average Bonchev–Trinajstić information content (AvgIpc) is 2.84. The Morgan fingerprint density at radius 3 is 2.42 bits per heavy atom. The van der Waals surface area contributed by atoms with Crippen molar-refractivity contribution in [3.8, 4) is 0 Å².